The Morgan fingerprint density at radius 3 is 2.80 bits per heavy atom. The van der Waals surface area contributed by atoms with Gasteiger partial charge >= 0.3 is 0 Å². The zero-order valence-corrected chi connectivity index (χ0v) is 9.21. The molecule has 15 heavy (non-hydrogen) atoms. The number of aromatic nitrogens is 2. The number of anilines is 2. The smallest absolute Gasteiger partial charge is 0.169 e. The third-order valence-corrected chi connectivity index (χ3v) is 3.04. The van der Waals surface area contributed by atoms with E-state index in [0.717, 1.165) is 6.54 Å². The highest BCUT2D eigenvalue weighted by atomic mass is 32.1. The summed E-state index contributed by atoms with van der Waals surface area (Å²) in [7, 11) is 0. The molecule has 4 nitrogen and oxygen atoms in total. The number of nitrogens with zero attached hydrogens (tertiary/aromatic N) is 2. The number of thiophene rings is 1. The van der Waals surface area contributed by atoms with Crippen LogP contribution in [0.15, 0.2) is 23.2 Å². The number of nitrogens with two attached hydrogens (primary N) is 1. The van der Waals surface area contributed by atoms with Gasteiger partial charge < -0.3 is 11.1 Å². The molecule has 0 aliphatic heterocycles. The van der Waals surface area contributed by atoms with Crippen LogP contribution in [0.4, 0.5) is 11.6 Å². The zero-order valence-electron chi connectivity index (χ0n) is 8.40. The van der Waals surface area contributed by atoms with Gasteiger partial charge in [-0.3, -0.25) is 0 Å². The average molecular weight is 220 g/mol. The van der Waals surface area contributed by atoms with Crippen LogP contribution in [-0.4, -0.2) is 9.97 Å². The second-order valence-electron chi connectivity index (χ2n) is 3.22. The minimum absolute atomic E-state index is 0.436. The molecule has 0 unspecified atom stereocenters. The lowest BCUT2D eigenvalue weighted by molar-refractivity contribution is 1.09. The Morgan fingerprint density at radius 1 is 1.33 bits per heavy atom. The van der Waals surface area contributed by atoms with Crippen LogP contribution in [0.5, 0.6) is 0 Å². The van der Waals surface area contributed by atoms with Crippen LogP contribution in [0.25, 0.3) is 0 Å². The Kier molecular flexibility index (Phi) is 2.82. The lowest BCUT2D eigenvalue weighted by atomic mass is 10.2. The molecule has 0 saturated heterocycles. The summed E-state index contributed by atoms with van der Waals surface area (Å²) in [5.74, 6) is 1.08. The minimum atomic E-state index is 0.436. The van der Waals surface area contributed by atoms with E-state index in [9.17, 15) is 0 Å². The van der Waals surface area contributed by atoms with Crippen LogP contribution in [0.2, 0.25) is 0 Å². The summed E-state index contributed by atoms with van der Waals surface area (Å²) in [6.45, 7) is 2.83. The fourth-order valence-electron chi connectivity index (χ4n) is 1.23. The van der Waals surface area contributed by atoms with Crippen molar-refractivity contribution in [2.45, 2.75) is 13.5 Å². The van der Waals surface area contributed by atoms with Gasteiger partial charge in [0, 0.05) is 18.9 Å². The van der Waals surface area contributed by atoms with Crippen molar-refractivity contribution in [1.29, 1.82) is 0 Å². The van der Waals surface area contributed by atoms with Crippen LogP contribution < -0.4 is 11.1 Å². The molecule has 2 rings (SSSR count). The molecular weight excluding hydrogens is 208 g/mol. The first-order valence-electron chi connectivity index (χ1n) is 4.59. The van der Waals surface area contributed by atoms with E-state index >= 15 is 0 Å². The predicted octanol–water partition coefficient (Wildman–Crippen LogP) is 2.04. The van der Waals surface area contributed by atoms with Gasteiger partial charge in [0.25, 0.3) is 0 Å². The van der Waals surface area contributed by atoms with E-state index in [0.29, 0.717) is 11.6 Å². The lowest BCUT2D eigenvalue weighted by Gasteiger charge is -2.06. The molecule has 0 atom stereocenters. The van der Waals surface area contributed by atoms with Crippen molar-refractivity contribution in [3.63, 3.8) is 0 Å². The van der Waals surface area contributed by atoms with Crippen molar-refractivity contribution in [2.75, 3.05) is 11.1 Å². The molecule has 0 aliphatic carbocycles. The van der Waals surface area contributed by atoms with Crippen molar-refractivity contribution >= 4 is 23.0 Å². The van der Waals surface area contributed by atoms with E-state index in [1.807, 2.05) is 0 Å². The highest BCUT2D eigenvalue weighted by Crippen LogP contribution is 2.16. The van der Waals surface area contributed by atoms with Crippen molar-refractivity contribution < 1.29 is 0 Å². The molecule has 2 aromatic heterocycles. The van der Waals surface area contributed by atoms with E-state index in [2.05, 4.69) is 33.0 Å². The van der Waals surface area contributed by atoms with Crippen molar-refractivity contribution in [3.8, 4) is 0 Å². The molecule has 0 aromatic carbocycles. The SMILES string of the molecule is Cc1cscc1CNc1nccnc1N. The zero-order chi connectivity index (χ0) is 10.7. The highest BCUT2D eigenvalue weighted by Gasteiger charge is 2.02. The predicted molar refractivity (Wildman–Crippen MR) is 62.8 cm³/mol. The maximum atomic E-state index is 5.66. The Balaban J connectivity index is 2.06. The van der Waals surface area contributed by atoms with E-state index in [1.54, 1.807) is 23.7 Å². The molecule has 5 heteroatoms. The Hall–Kier alpha value is -1.62. The Morgan fingerprint density at radius 2 is 2.13 bits per heavy atom. The van der Waals surface area contributed by atoms with Gasteiger partial charge in [0.1, 0.15) is 0 Å². The summed E-state index contributed by atoms with van der Waals surface area (Å²) in [4.78, 5) is 8.07. The molecular formula is C10H12N4S. The number of nitrogens with one attached hydrogen (secondary N) is 1. The van der Waals surface area contributed by atoms with Gasteiger partial charge in [-0.15, -0.1) is 0 Å². The third-order valence-electron chi connectivity index (χ3n) is 2.13. The normalized spacial score (nSPS) is 10.2. The van der Waals surface area contributed by atoms with Gasteiger partial charge in [-0.2, -0.15) is 11.3 Å². The first-order chi connectivity index (χ1) is 7.27. The molecule has 2 aromatic rings. The largest absolute Gasteiger partial charge is 0.381 e. The molecule has 0 fully saturated rings. The summed E-state index contributed by atoms with van der Waals surface area (Å²) in [5, 5.41) is 7.41. The van der Waals surface area contributed by atoms with Crippen LogP contribution >= 0.6 is 11.3 Å². The molecule has 0 bridgehead atoms. The van der Waals surface area contributed by atoms with Gasteiger partial charge in [0.2, 0.25) is 0 Å². The maximum absolute atomic E-state index is 5.66. The fourth-order valence-corrected chi connectivity index (χ4v) is 2.09. The van der Waals surface area contributed by atoms with E-state index in [1.165, 1.54) is 11.1 Å². The fraction of sp³-hybridized carbons (Fsp3) is 0.200. The number of hydrogen-bond acceptors (Lipinski definition) is 5. The van der Waals surface area contributed by atoms with Crippen molar-refractivity contribution in [2.24, 2.45) is 0 Å². The van der Waals surface area contributed by atoms with Gasteiger partial charge in [-0.1, -0.05) is 0 Å². The van der Waals surface area contributed by atoms with E-state index in [4.69, 9.17) is 5.73 Å². The monoisotopic (exact) mass is 220 g/mol. The average Bonchev–Trinajstić information content (AvgIpc) is 2.63. The molecule has 0 spiro atoms. The van der Waals surface area contributed by atoms with E-state index in [-0.39, 0.29) is 0 Å². The van der Waals surface area contributed by atoms with Crippen LogP contribution in [0.1, 0.15) is 11.1 Å². The Bertz CT molecular complexity index is 452. The topological polar surface area (TPSA) is 63.8 Å². The van der Waals surface area contributed by atoms with Gasteiger partial charge in [-0.05, 0) is 28.8 Å². The second kappa shape index (κ2) is 4.27. The summed E-state index contributed by atoms with van der Waals surface area (Å²) in [5.41, 5.74) is 8.22. The second-order valence-corrected chi connectivity index (χ2v) is 3.97. The number of rotatable bonds is 3. The molecule has 0 amide bonds. The molecule has 0 saturated carbocycles. The van der Waals surface area contributed by atoms with Crippen molar-refractivity contribution in [3.05, 3.63) is 34.3 Å². The summed E-state index contributed by atoms with van der Waals surface area (Å²) in [6, 6.07) is 0. The van der Waals surface area contributed by atoms with Gasteiger partial charge in [0.15, 0.2) is 11.6 Å². The minimum Gasteiger partial charge on any atom is -0.381 e. The molecule has 78 valence electrons. The first-order valence-corrected chi connectivity index (χ1v) is 5.53. The number of hydrogen-bond donors (Lipinski definition) is 2. The summed E-state index contributed by atoms with van der Waals surface area (Å²) in [6.07, 6.45) is 3.20. The Labute approximate surface area is 92.2 Å². The molecule has 2 heterocycles. The molecule has 0 radical (unpaired) electrons. The lowest BCUT2D eigenvalue weighted by Crippen LogP contribution is -2.05. The molecule has 0 aliphatic rings. The standard InChI is InChI=1S/C10H12N4S/c1-7-5-15-6-8(7)4-14-10-9(11)12-2-3-13-10/h2-3,5-6H,4H2,1H3,(H2,11,12)(H,13,14). The quantitative estimate of drug-likeness (QED) is 0.830. The van der Waals surface area contributed by atoms with Gasteiger partial charge in [0.05, 0.1) is 0 Å². The third kappa shape index (κ3) is 2.24. The van der Waals surface area contributed by atoms with Crippen LogP contribution in [0, 0.1) is 6.92 Å². The van der Waals surface area contributed by atoms with E-state index < -0.39 is 0 Å². The van der Waals surface area contributed by atoms with Crippen LogP contribution in [-0.2, 0) is 6.54 Å². The number of aryl methyl sites for hydroxylation is 1. The summed E-state index contributed by atoms with van der Waals surface area (Å²) < 4.78 is 0. The molecule has 3 N–H and O–H groups in total. The first kappa shape index (κ1) is 9.92. The summed E-state index contributed by atoms with van der Waals surface area (Å²) >= 11 is 1.70. The maximum Gasteiger partial charge on any atom is 0.169 e. The number of nitrogen functional groups attached to an aromatic ring is 1. The van der Waals surface area contributed by atoms with Gasteiger partial charge in [-0.25, -0.2) is 9.97 Å². The van der Waals surface area contributed by atoms with Crippen molar-refractivity contribution in [1.82, 2.24) is 9.97 Å². The van der Waals surface area contributed by atoms with Crippen LogP contribution in [0.3, 0.4) is 0 Å². The highest BCUT2D eigenvalue weighted by molar-refractivity contribution is 7.08.